The van der Waals surface area contributed by atoms with Crippen LogP contribution in [0.25, 0.3) is 66.4 Å². The Bertz CT molecular complexity index is 3590. The molecule has 0 atom stereocenters. The lowest BCUT2D eigenvalue weighted by Gasteiger charge is -2.34. The number of ether oxygens (including phenoxy) is 1. The van der Waals surface area contributed by atoms with Gasteiger partial charge in [-0.25, -0.2) is 0 Å². The molecule has 0 unspecified atom stereocenters. The molecule has 67 heavy (non-hydrogen) atoms. The van der Waals surface area contributed by atoms with Crippen LogP contribution in [0.1, 0.15) is 22.3 Å². The molecule has 1 aliphatic carbocycles. The minimum absolute atomic E-state index is 0.505. The van der Waals surface area contributed by atoms with Crippen molar-refractivity contribution in [1.29, 1.82) is 0 Å². The van der Waals surface area contributed by atoms with Crippen LogP contribution in [0.4, 0.5) is 17.1 Å². The van der Waals surface area contributed by atoms with Crippen LogP contribution in [0, 0.1) is 0 Å². The Balaban J connectivity index is 1.04. The molecule has 11 aromatic carbocycles. The third kappa shape index (κ3) is 6.18. The first-order valence-electron chi connectivity index (χ1n) is 23.1. The predicted octanol–water partition coefficient (Wildman–Crippen LogP) is 17.4. The molecule has 0 saturated heterocycles. The fourth-order valence-electron chi connectivity index (χ4n) is 11.0. The zero-order chi connectivity index (χ0) is 44.3. The Kier molecular flexibility index (Phi) is 9.11. The van der Waals surface area contributed by atoms with E-state index >= 15 is 0 Å². The largest absolute Gasteiger partial charge is 0.456 e. The maximum Gasteiger partial charge on any atom is 0.137 e. The summed E-state index contributed by atoms with van der Waals surface area (Å²) in [6.45, 7) is 0. The SMILES string of the molecule is c1ccc(-c2ccc(N(c3ccc(C4(c5ccccc5)c5ccccc5-c5ccccc54)cc3)c3cccc4c3-c3c(ccc5ccccc35)-c3cc(-c5ccccc5)ccc3O4)cc2)cc1. The Morgan fingerprint density at radius 2 is 0.851 bits per heavy atom. The third-order valence-electron chi connectivity index (χ3n) is 14.0. The summed E-state index contributed by atoms with van der Waals surface area (Å²) in [7, 11) is 0. The van der Waals surface area contributed by atoms with Crippen molar-refractivity contribution < 1.29 is 4.74 Å². The van der Waals surface area contributed by atoms with Gasteiger partial charge in [0.05, 0.1) is 11.1 Å². The maximum absolute atomic E-state index is 7.15. The van der Waals surface area contributed by atoms with E-state index in [1.54, 1.807) is 0 Å². The van der Waals surface area contributed by atoms with E-state index in [0.29, 0.717) is 0 Å². The topological polar surface area (TPSA) is 12.5 Å². The summed E-state index contributed by atoms with van der Waals surface area (Å²) in [5, 5.41) is 2.35. The Morgan fingerprint density at radius 1 is 0.313 bits per heavy atom. The lowest BCUT2D eigenvalue weighted by Crippen LogP contribution is -2.28. The van der Waals surface area contributed by atoms with Crippen LogP contribution < -0.4 is 9.64 Å². The van der Waals surface area contributed by atoms with Gasteiger partial charge in [0.15, 0.2) is 0 Å². The van der Waals surface area contributed by atoms with Gasteiger partial charge in [-0.15, -0.1) is 0 Å². The minimum atomic E-state index is -0.505. The second-order valence-corrected chi connectivity index (χ2v) is 17.5. The molecule has 2 nitrogen and oxygen atoms in total. The first-order valence-corrected chi connectivity index (χ1v) is 23.1. The van der Waals surface area contributed by atoms with Crippen molar-refractivity contribution in [3.63, 3.8) is 0 Å². The van der Waals surface area contributed by atoms with Crippen LogP contribution in [0.2, 0.25) is 0 Å². The molecule has 314 valence electrons. The first kappa shape index (κ1) is 38.7. The molecule has 0 saturated carbocycles. The Hall–Kier alpha value is -8.72. The van der Waals surface area contributed by atoms with Crippen molar-refractivity contribution in [2.75, 3.05) is 4.90 Å². The number of benzene rings is 11. The van der Waals surface area contributed by atoms with E-state index in [4.69, 9.17) is 4.74 Å². The fraction of sp³-hybridized carbons (Fsp3) is 0.0154. The molecule has 1 aliphatic heterocycles. The molecule has 0 N–H and O–H groups in total. The molecule has 13 rings (SSSR count). The molecular formula is C65H43NO. The fourth-order valence-corrected chi connectivity index (χ4v) is 11.0. The van der Waals surface area contributed by atoms with Crippen LogP contribution >= 0.6 is 0 Å². The van der Waals surface area contributed by atoms with Crippen molar-refractivity contribution in [3.05, 3.63) is 283 Å². The van der Waals surface area contributed by atoms with Crippen molar-refractivity contribution in [1.82, 2.24) is 0 Å². The van der Waals surface area contributed by atoms with E-state index in [9.17, 15) is 0 Å². The average molecular weight is 854 g/mol. The Morgan fingerprint density at radius 3 is 1.54 bits per heavy atom. The third-order valence-corrected chi connectivity index (χ3v) is 14.0. The number of nitrogens with zero attached hydrogens (tertiary/aromatic N) is 1. The zero-order valence-corrected chi connectivity index (χ0v) is 36.7. The minimum Gasteiger partial charge on any atom is -0.456 e. The molecule has 0 aromatic heterocycles. The Labute approximate surface area is 391 Å². The lowest BCUT2D eigenvalue weighted by atomic mass is 9.68. The molecule has 11 aromatic rings. The summed E-state index contributed by atoms with van der Waals surface area (Å²) < 4.78 is 7.15. The number of anilines is 3. The summed E-state index contributed by atoms with van der Waals surface area (Å²) in [6, 6.07) is 94.9. The second kappa shape index (κ2) is 15.8. The molecule has 0 bridgehead atoms. The van der Waals surface area contributed by atoms with Gasteiger partial charge in [0.2, 0.25) is 0 Å². The summed E-state index contributed by atoms with van der Waals surface area (Å²) in [6.07, 6.45) is 0. The van der Waals surface area contributed by atoms with Gasteiger partial charge in [-0.3, -0.25) is 0 Å². The van der Waals surface area contributed by atoms with Gasteiger partial charge in [0.1, 0.15) is 11.5 Å². The van der Waals surface area contributed by atoms with E-state index in [2.05, 4.69) is 266 Å². The van der Waals surface area contributed by atoms with E-state index in [1.165, 1.54) is 60.8 Å². The highest BCUT2D eigenvalue weighted by Gasteiger charge is 2.46. The number of hydrogen-bond donors (Lipinski definition) is 0. The van der Waals surface area contributed by atoms with Gasteiger partial charge in [-0.2, -0.15) is 0 Å². The van der Waals surface area contributed by atoms with Crippen LogP contribution in [-0.4, -0.2) is 0 Å². The maximum atomic E-state index is 7.15. The second-order valence-electron chi connectivity index (χ2n) is 17.5. The highest BCUT2D eigenvalue weighted by molar-refractivity contribution is 6.11. The highest BCUT2D eigenvalue weighted by Crippen LogP contribution is 2.58. The van der Waals surface area contributed by atoms with E-state index in [0.717, 1.165) is 56.4 Å². The molecule has 0 amide bonds. The standard InChI is InChI=1S/C65H43NO/c1-4-17-44(18-5-1)46-31-37-51(38-32-46)66(52-39-35-50(36-40-52)65(49-22-8-3-9-23-49)58-27-14-12-25-54(58)55-26-13-15-28-59(55)65)60-29-16-30-62-64(60)63-53-24-11-10-21-47(53)33-41-56(63)57-43-48(34-42-61(57)67-62)45-19-6-2-7-20-45/h1-43H. The number of rotatable bonds is 7. The summed E-state index contributed by atoms with van der Waals surface area (Å²) in [5.74, 6) is 1.64. The van der Waals surface area contributed by atoms with Gasteiger partial charge < -0.3 is 9.64 Å². The van der Waals surface area contributed by atoms with Gasteiger partial charge >= 0.3 is 0 Å². The molecule has 2 heteroatoms. The summed E-state index contributed by atoms with van der Waals surface area (Å²) in [5.41, 5.74) is 19.3. The predicted molar refractivity (Wildman–Crippen MR) is 278 cm³/mol. The van der Waals surface area contributed by atoms with Crippen LogP contribution in [0.3, 0.4) is 0 Å². The van der Waals surface area contributed by atoms with Crippen LogP contribution in [-0.2, 0) is 5.41 Å². The lowest BCUT2D eigenvalue weighted by molar-refractivity contribution is 0.488. The molecule has 0 fully saturated rings. The zero-order valence-electron chi connectivity index (χ0n) is 36.7. The van der Waals surface area contributed by atoms with Crippen molar-refractivity contribution in [2.45, 2.75) is 5.41 Å². The van der Waals surface area contributed by atoms with E-state index in [1.807, 2.05) is 0 Å². The van der Waals surface area contributed by atoms with Gasteiger partial charge in [-0.05, 0) is 121 Å². The smallest absolute Gasteiger partial charge is 0.137 e. The van der Waals surface area contributed by atoms with Gasteiger partial charge in [0.25, 0.3) is 0 Å². The van der Waals surface area contributed by atoms with Crippen LogP contribution in [0.15, 0.2) is 261 Å². The van der Waals surface area contributed by atoms with Crippen LogP contribution in [0.5, 0.6) is 11.5 Å². The van der Waals surface area contributed by atoms with Crippen molar-refractivity contribution >= 4 is 27.8 Å². The van der Waals surface area contributed by atoms with Gasteiger partial charge in [0, 0.05) is 28.1 Å². The average Bonchev–Trinajstić information content (AvgIpc) is 3.62. The normalized spacial score (nSPS) is 12.7. The molecule has 0 spiro atoms. The molecule has 1 heterocycles. The van der Waals surface area contributed by atoms with Crippen molar-refractivity contribution in [2.24, 2.45) is 0 Å². The molecule has 0 radical (unpaired) electrons. The number of hydrogen-bond acceptors (Lipinski definition) is 2. The first-order chi connectivity index (χ1) is 33.2. The molecular weight excluding hydrogens is 811 g/mol. The van der Waals surface area contributed by atoms with E-state index < -0.39 is 5.41 Å². The van der Waals surface area contributed by atoms with Gasteiger partial charge in [-0.1, -0.05) is 212 Å². The highest BCUT2D eigenvalue weighted by atomic mass is 16.5. The quantitative estimate of drug-likeness (QED) is 0.158. The number of fused-ring (bicyclic) bond motifs is 10. The molecule has 2 aliphatic rings. The van der Waals surface area contributed by atoms with Crippen molar-refractivity contribution in [3.8, 4) is 67.1 Å². The summed E-state index contributed by atoms with van der Waals surface area (Å²) >= 11 is 0. The summed E-state index contributed by atoms with van der Waals surface area (Å²) in [4.78, 5) is 2.42. The monoisotopic (exact) mass is 853 g/mol. The van der Waals surface area contributed by atoms with E-state index in [-0.39, 0.29) is 0 Å².